The first-order valence-corrected chi connectivity index (χ1v) is 18.4. The van der Waals surface area contributed by atoms with Gasteiger partial charge in [0.2, 0.25) is 0 Å². The van der Waals surface area contributed by atoms with E-state index in [9.17, 15) is 14.4 Å². The van der Waals surface area contributed by atoms with Crippen LogP contribution in [0.5, 0.6) is 0 Å². The van der Waals surface area contributed by atoms with Gasteiger partial charge in [-0.15, -0.1) is 12.2 Å². The van der Waals surface area contributed by atoms with E-state index in [4.69, 9.17) is 0 Å². The fourth-order valence-electron chi connectivity index (χ4n) is 4.14. The van der Waals surface area contributed by atoms with Crippen molar-refractivity contribution in [2.24, 2.45) is 0 Å². The van der Waals surface area contributed by atoms with Gasteiger partial charge in [-0.25, -0.2) is 0 Å². The normalized spacial score (nSPS) is 9.90. The molecule has 0 aromatic rings. The third kappa shape index (κ3) is 86.3. The van der Waals surface area contributed by atoms with Gasteiger partial charge in [0.1, 0.15) is 0 Å². The fourth-order valence-corrected chi connectivity index (χ4v) is 4.14. The summed E-state index contributed by atoms with van der Waals surface area (Å²) in [5.74, 6) is 0. The molecule has 48 heavy (non-hydrogen) atoms. The number of rotatable bonds is 30. The molecule has 0 amide bonds. The van der Waals surface area contributed by atoms with E-state index in [2.05, 4.69) is 63.3 Å². The van der Waals surface area contributed by atoms with E-state index in [1.165, 1.54) is 116 Å². The van der Waals surface area contributed by atoms with Crippen LogP contribution in [0.3, 0.4) is 0 Å². The van der Waals surface area contributed by atoms with Crippen molar-refractivity contribution in [2.45, 2.75) is 181 Å². The van der Waals surface area contributed by atoms with Gasteiger partial charge in [-0.1, -0.05) is 122 Å². The van der Waals surface area contributed by atoms with Crippen LogP contribution in [0.25, 0.3) is 0 Å². The van der Waals surface area contributed by atoms with Gasteiger partial charge in [-0.3, -0.25) is 18.9 Å². The second-order valence-corrected chi connectivity index (χ2v) is 11.8. The maximum atomic E-state index is 9.99. The van der Waals surface area contributed by atoms with E-state index >= 15 is 0 Å². The summed E-state index contributed by atoms with van der Waals surface area (Å²) in [6.45, 7) is 12.9. The van der Waals surface area contributed by atoms with Crippen molar-refractivity contribution >= 4 is 18.9 Å². The summed E-state index contributed by atoms with van der Waals surface area (Å²) in [6.07, 6.45) is 46.5. The van der Waals surface area contributed by atoms with E-state index in [1.54, 1.807) is 0 Å². The Hall–Kier alpha value is 1.61. The first kappa shape index (κ1) is 64.6. The molecule has 0 unspecified atom stereocenters. The predicted octanol–water partition coefficient (Wildman–Crippen LogP) is 12.0. The summed E-state index contributed by atoms with van der Waals surface area (Å²) in [7, 11) is 3.98. The van der Waals surface area contributed by atoms with Crippen LogP contribution in [-0.2, 0) is 14.4 Å². The number of hydrogen-bond acceptors (Lipinski definition) is 4. The maximum Gasteiger partial charge on any atom is 2.00 e. The number of hydrogen-bond donors (Lipinski definition) is 0. The van der Waals surface area contributed by atoms with Crippen molar-refractivity contribution < 1.29 is 108 Å². The van der Waals surface area contributed by atoms with Crippen molar-refractivity contribution in [3.05, 3.63) is 44.6 Å². The summed E-state index contributed by atoms with van der Waals surface area (Å²) in [5.41, 5.74) is 0. The molecule has 274 valence electrons. The zero-order valence-electron chi connectivity index (χ0n) is 32.1. The molecule has 0 fully saturated rings. The molecule has 0 heterocycles. The standard InChI is InChI=1S/C17H29O2.2C9H17.C6H12NO.3U/c18-16-14-12-10-8-6-4-2-1-3-5-7-9-11-13-15-17-19;2*1-3-5-7-9-8-6-4-2;1-7(2)5-3-4-6-8;;;/h1H,2-15H2;2*5,7H,1,3-4,6,8-9H2,2H3;3-5H2,1-2H3;;;/q-3;3*-1;3*+2/b;2*7-5-;;;;. The average Bonchev–Trinajstić information content (AvgIpc) is 3.04. The van der Waals surface area contributed by atoms with E-state index in [0.717, 1.165) is 38.6 Å². The van der Waals surface area contributed by atoms with Crippen molar-refractivity contribution in [2.75, 3.05) is 20.6 Å². The fraction of sp³-hybridized carbons (Fsp3) is 0.756. The molecule has 0 saturated heterocycles. The van der Waals surface area contributed by atoms with Crippen LogP contribution in [0.15, 0.2) is 24.3 Å². The average molecular weight is 1340 g/mol. The molecule has 0 aliphatic rings. The predicted molar refractivity (Wildman–Crippen MR) is 200 cm³/mol. The van der Waals surface area contributed by atoms with Gasteiger partial charge in [0.15, 0.2) is 0 Å². The largest absolute Gasteiger partial charge is 2.00 e. The minimum Gasteiger partial charge on any atom is -0.542 e. The van der Waals surface area contributed by atoms with Crippen LogP contribution in [0.4, 0.5) is 0 Å². The van der Waals surface area contributed by atoms with Crippen LogP contribution in [-0.4, -0.2) is 44.4 Å². The van der Waals surface area contributed by atoms with Crippen LogP contribution < -0.4 is 0 Å². The molecule has 0 bridgehead atoms. The number of unbranched alkanes of at least 4 members (excludes halogenated alkanes) is 21. The third-order valence-electron chi connectivity index (χ3n) is 6.87. The van der Waals surface area contributed by atoms with Gasteiger partial charge in [0.25, 0.3) is 0 Å². The molecule has 0 spiro atoms. The molecule has 0 saturated carbocycles. The Morgan fingerprint density at radius 2 is 0.854 bits per heavy atom. The SMILES string of the molecule is CN(C)CCC[C-]=O.O=[C-]CCCCCCC[CH-]CCCCCCC[C-]=O.[CH2-]C/C=C\CCCCC.[CH2-]C/C=C\CCCCC.[U+2].[U+2].[U+2]. The number of carbonyl (C=O) groups excluding carboxylic acids is 3. The number of allylic oxidation sites excluding steroid dienone is 4. The minimum atomic E-state index is 0. The molecular formula is C41H75NO3U3. The summed E-state index contributed by atoms with van der Waals surface area (Å²) < 4.78 is 0. The minimum absolute atomic E-state index is 0. The molecule has 0 atom stereocenters. The first-order chi connectivity index (χ1) is 22.0. The van der Waals surface area contributed by atoms with Crippen molar-refractivity contribution in [1.82, 2.24) is 4.90 Å². The summed E-state index contributed by atoms with van der Waals surface area (Å²) >= 11 is 0. The van der Waals surface area contributed by atoms with Gasteiger partial charge in [-0.05, 0) is 46.3 Å². The van der Waals surface area contributed by atoms with Crippen LogP contribution in [0.2, 0.25) is 0 Å². The Labute approximate surface area is 373 Å². The molecule has 0 aliphatic heterocycles. The molecule has 7 heteroatoms. The maximum absolute atomic E-state index is 9.99. The van der Waals surface area contributed by atoms with Gasteiger partial charge in [0, 0.05) is 0 Å². The molecule has 4 nitrogen and oxygen atoms in total. The van der Waals surface area contributed by atoms with Crippen molar-refractivity contribution in [3.63, 3.8) is 0 Å². The van der Waals surface area contributed by atoms with E-state index < -0.39 is 0 Å². The molecular weight excluding hydrogens is 1270 g/mol. The quantitative estimate of drug-likeness (QED) is 0.0409. The second kappa shape index (κ2) is 70.2. The zero-order chi connectivity index (χ0) is 34.3. The second-order valence-electron chi connectivity index (χ2n) is 11.8. The van der Waals surface area contributed by atoms with Crippen LogP contribution >= 0.6 is 0 Å². The Kier molecular flexibility index (Phi) is 94.5. The van der Waals surface area contributed by atoms with E-state index in [0.29, 0.717) is 19.3 Å². The molecule has 0 aromatic carbocycles. The van der Waals surface area contributed by atoms with E-state index in [1.807, 2.05) is 33.0 Å². The molecule has 0 aromatic heterocycles. The Morgan fingerprint density at radius 3 is 1.19 bits per heavy atom. The Balaban J connectivity index is -0.0000000989. The molecule has 0 aliphatic carbocycles. The molecule has 0 radical (unpaired) electrons. The Morgan fingerprint density at radius 1 is 0.500 bits per heavy atom. The van der Waals surface area contributed by atoms with Crippen molar-refractivity contribution in [3.8, 4) is 0 Å². The van der Waals surface area contributed by atoms with Gasteiger partial charge < -0.3 is 39.6 Å². The van der Waals surface area contributed by atoms with Gasteiger partial charge in [0.05, 0.1) is 0 Å². The third-order valence-corrected chi connectivity index (χ3v) is 6.87. The zero-order valence-corrected chi connectivity index (χ0v) is 44.6. The summed E-state index contributed by atoms with van der Waals surface area (Å²) in [5, 5.41) is 0. The monoisotopic (exact) mass is 1340 g/mol. The molecule has 0 N–H and O–H groups in total. The topological polar surface area (TPSA) is 54.5 Å². The summed E-state index contributed by atoms with van der Waals surface area (Å²) in [6, 6.07) is 0. The van der Waals surface area contributed by atoms with Crippen LogP contribution in [0.1, 0.15) is 181 Å². The van der Waals surface area contributed by atoms with Crippen molar-refractivity contribution in [1.29, 1.82) is 0 Å². The summed E-state index contributed by atoms with van der Waals surface area (Å²) in [4.78, 5) is 31.7. The Bertz CT molecular complexity index is 547. The molecule has 0 rings (SSSR count). The van der Waals surface area contributed by atoms with Gasteiger partial charge in [-0.2, -0.15) is 44.9 Å². The number of nitrogens with zero attached hydrogens (tertiary/aromatic N) is 1. The smallest absolute Gasteiger partial charge is 0.542 e. The van der Waals surface area contributed by atoms with Gasteiger partial charge >= 0.3 is 93.3 Å². The first-order valence-electron chi connectivity index (χ1n) is 18.4. The van der Waals surface area contributed by atoms with E-state index in [-0.39, 0.29) is 93.3 Å². The van der Waals surface area contributed by atoms with Crippen LogP contribution in [0, 0.1) is 114 Å².